The first-order valence-electron chi connectivity index (χ1n) is 4.42. The van der Waals surface area contributed by atoms with Crippen LogP contribution in [-0.4, -0.2) is 25.8 Å². The van der Waals surface area contributed by atoms with Gasteiger partial charge in [-0.05, 0) is 19.4 Å². The molecule has 0 aromatic carbocycles. The molecule has 1 aliphatic heterocycles. The average Bonchev–Trinajstić information content (AvgIpc) is 2.56. The molecule has 4 heteroatoms. The van der Waals surface area contributed by atoms with E-state index >= 15 is 0 Å². The van der Waals surface area contributed by atoms with E-state index in [2.05, 4.69) is 10.1 Å². The summed E-state index contributed by atoms with van der Waals surface area (Å²) in [7, 11) is 0. The quantitative estimate of drug-likeness (QED) is 0.719. The van der Waals surface area contributed by atoms with Crippen molar-refractivity contribution < 1.29 is 13.5 Å². The van der Waals surface area contributed by atoms with Gasteiger partial charge >= 0.3 is 6.61 Å². The fourth-order valence-corrected chi connectivity index (χ4v) is 1.09. The zero-order chi connectivity index (χ0) is 9.40. The lowest BCUT2D eigenvalue weighted by Gasteiger charge is -2.08. The highest BCUT2D eigenvalue weighted by Gasteiger charge is 2.15. The predicted octanol–water partition coefficient (Wildman–Crippen LogP) is 2.00. The van der Waals surface area contributed by atoms with E-state index in [1.165, 1.54) is 0 Å². The summed E-state index contributed by atoms with van der Waals surface area (Å²) in [6.07, 6.45) is 2.02. The van der Waals surface area contributed by atoms with Crippen LogP contribution >= 0.6 is 0 Å². The number of rotatable bonds is 3. The van der Waals surface area contributed by atoms with Gasteiger partial charge < -0.3 is 10.1 Å². The van der Waals surface area contributed by atoms with Gasteiger partial charge in [-0.2, -0.15) is 8.78 Å². The van der Waals surface area contributed by atoms with Crippen molar-refractivity contribution >= 4 is 0 Å². The Bertz CT molecular complexity index is 95.1. The third-order valence-corrected chi connectivity index (χ3v) is 1.59. The molecular formula is C8H17F2NO. The van der Waals surface area contributed by atoms with E-state index in [9.17, 15) is 8.78 Å². The van der Waals surface area contributed by atoms with E-state index in [4.69, 9.17) is 0 Å². The van der Waals surface area contributed by atoms with E-state index < -0.39 is 6.61 Å². The third kappa shape index (κ3) is 5.43. The van der Waals surface area contributed by atoms with E-state index in [0.29, 0.717) is 0 Å². The van der Waals surface area contributed by atoms with E-state index in [1.54, 1.807) is 0 Å². The highest BCUT2D eigenvalue weighted by Crippen LogP contribution is 2.06. The fraction of sp³-hybridized carbons (Fsp3) is 1.00. The van der Waals surface area contributed by atoms with Crippen molar-refractivity contribution in [1.82, 2.24) is 5.32 Å². The second-order valence-electron chi connectivity index (χ2n) is 2.39. The molecule has 74 valence electrons. The zero-order valence-electron chi connectivity index (χ0n) is 7.65. The van der Waals surface area contributed by atoms with Gasteiger partial charge in [-0.3, -0.25) is 0 Å². The Labute approximate surface area is 72.3 Å². The third-order valence-electron chi connectivity index (χ3n) is 1.59. The Morgan fingerprint density at radius 2 is 2.17 bits per heavy atom. The summed E-state index contributed by atoms with van der Waals surface area (Å²) in [6, 6.07) is 0.147. The maximum atomic E-state index is 11.4. The molecule has 0 aliphatic carbocycles. The SMILES string of the molecule is CC.FC(F)OC[C@H]1CCCN1. The molecule has 12 heavy (non-hydrogen) atoms. The number of ether oxygens (including phenoxy) is 1. The number of hydrogen-bond acceptors (Lipinski definition) is 2. The van der Waals surface area contributed by atoms with Crippen molar-refractivity contribution in [2.45, 2.75) is 39.3 Å². The number of halogens is 2. The molecule has 1 aliphatic rings. The Balaban J connectivity index is 0.000000561. The lowest BCUT2D eigenvalue weighted by atomic mass is 10.2. The molecule has 0 saturated carbocycles. The first-order valence-corrected chi connectivity index (χ1v) is 4.42. The minimum Gasteiger partial charge on any atom is -0.321 e. The van der Waals surface area contributed by atoms with Gasteiger partial charge in [0.1, 0.15) is 0 Å². The normalized spacial score (nSPS) is 22.2. The van der Waals surface area contributed by atoms with Gasteiger partial charge in [-0.25, -0.2) is 0 Å². The number of alkyl halides is 2. The van der Waals surface area contributed by atoms with Crippen molar-refractivity contribution in [3.8, 4) is 0 Å². The Morgan fingerprint density at radius 3 is 2.58 bits per heavy atom. The van der Waals surface area contributed by atoms with Gasteiger partial charge in [0, 0.05) is 6.04 Å². The molecule has 0 aromatic rings. The molecule has 1 fully saturated rings. The summed E-state index contributed by atoms with van der Waals surface area (Å²) in [4.78, 5) is 0. The second-order valence-corrected chi connectivity index (χ2v) is 2.39. The van der Waals surface area contributed by atoms with Gasteiger partial charge in [0.15, 0.2) is 0 Å². The van der Waals surface area contributed by atoms with Crippen molar-refractivity contribution in [2.75, 3.05) is 13.2 Å². The first-order chi connectivity index (χ1) is 5.79. The van der Waals surface area contributed by atoms with Gasteiger partial charge in [-0.15, -0.1) is 0 Å². The molecule has 1 atom stereocenters. The van der Waals surface area contributed by atoms with Crippen LogP contribution in [0.15, 0.2) is 0 Å². The van der Waals surface area contributed by atoms with Crippen LogP contribution in [0.5, 0.6) is 0 Å². The topological polar surface area (TPSA) is 21.3 Å². The monoisotopic (exact) mass is 181 g/mol. The van der Waals surface area contributed by atoms with Crippen molar-refractivity contribution in [1.29, 1.82) is 0 Å². The highest BCUT2D eigenvalue weighted by atomic mass is 19.3. The maximum absolute atomic E-state index is 11.4. The number of hydrogen-bond donors (Lipinski definition) is 1. The van der Waals surface area contributed by atoms with Crippen LogP contribution in [0.3, 0.4) is 0 Å². The molecule has 0 radical (unpaired) electrons. The van der Waals surface area contributed by atoms with Crippen molar-refractivity contribution in [3.05, 3.63) is 0 Å². The Kier molecular flexibility index (Phi) is 7.29. The van der Waals surface area contributed by atoms with Crippen LogP contribution in [0.1, 0.15) is 26.7 Å². The lowest BCUT2D eigenvalue weighted by molar-refractivity contribution is -0.132. The summed E-state index contributed by atoms with van der Waals surface area (Å²) >= 11 is 0. The highest BCUT2D eigenvalue weighted by molar-refractivity contribution is 4.72. The Morgan fingerprint density at radius 1 is 1.50 bits per heavy atom. The van der Waals surface area contributed by atoms with Gasteiger partial charge in [0.2, 0.25) is 0 Å². The minimum atomic E-state index is -2.62. The predicted molar refractivity (Wildman–Crippen MR) is 44.3 cm³/mol. The van der Waals surface area contributed by atoms with Crippen molar-refractivity contribution in [3.63, 3.8) is 0 Å². The molecule has 1 saturated heterocycles. The molecule has 0 amide bonds. The molecule has 0 spiro atoms. The van der Waals surface area contributed by atoms with Gasteiger partial charge in [0.05, 0.1) is 6.61 Å². The van der Waals surface area contributed by atoms with E-state index in [1.807, 2.05) is 13.8 Å². The summed E-state index contributed by atoms with van der Waals surface area (Å²) < 4.78 is 27.0. The van der Waals surface area contributed by atoms with Crippen LogP contribution in [0.2, 0.25) is 0 Å². The summed E-state index contributed by atoms with van der Waals surface area (Å²) in [5.74, 6) is 0. The van der Waals surface area contributed by atoms with Crippen LogP contribution < -0.4 is 5.32 Å². The zero-order valence-corrected chi connectivity index (χ0v) is 7.65. The van der Waals surface area contributed by atoms with Crippen molar-refractivity contribution in [2.24, 2.45) is 0 Å². The molecule has 0 unspecified atom stereocenters. The number of nitrogens with one attached hydrogen (secondary N) is 1. The molecule has 1 rings (SSSR count). The van der Waals surface area contributed by atoms with Crippen LogP contribution in [0.25, 0.3) is 0 Å². The standard InChI is InChI=1S/C6H11F2NO.C2H6/c7-6(8)10-4-5-2-1-3-9-5;1-2/h5-6,9H,1-4H2;1-2H3/t5-;/m1./s1. The first kappa shape index (κ1) is 11.8. The van der Waals surface area contributed by atoms with Crippen LogP contribution in [0, 0.1) is 0 Å². The second kappa shape index (κ2) is 7.43. The molecule has 0 aromatic heterocycles. The molecule has 1 heterocycles. The minimum absolute atomic E-state index is 0.137. The van der Waals surface area contributed by atoms with Crippen LogP contribution in [0.4, 0.5) is 8.78 Å². The van der Waals surface area contributed by atoms with Crippen LogP contribution in [-0.2, 0) is 4.74 Å². The van der Waals surface area contributed by atoms with E-state index in [-0.39, 0.29) is 12.6 Å². The largest absolute Gasteiger partial charge is 0.345 e. The molecule has 1 N–H and O–H groups in total. The fourth-order valence-electron chi connectivity index (χ4n) is 1.09. The lowest BCUT2D eigenvalue weighted by Crippen LogP contribution is -2.27. The molecule has 0 bridgehead atoms. The average molecular weight is 181 g/mol. The summed E-state index contributed by atoms with van der Waals surface area (Å²) in [5.41, 5.74) is 0. The van der Waals surface area contributed by atoms with Gasteiger partial charge in [-0.1, -0.05) is 13.8 Å². The van der Waals surface area contributed by atoms with E-state index in [0.717, 1.165) is 19.4 Å². The Hall–Kier alpha value is -0.220. The molecule has 2 nitrogen and oxygen atoms in total. The summed E-state index contributed by atoms with van der Waals surface area (Å²) in [5, 5.41) is 3.05. The summed E-state index contributed by atoms with van der Waals surface area (Å²) in [6.45, 7) is 2.44. The molecular weight excluding hydrogens is 164 g/mol. The van der Waals surface area contributed by atoms with Gasteiger partial charge in [0.25, 0.3) is 0 Å². The smallest absolute Gasteiger partial charge is 0.321 e. The maximum Gasteiger partial charge on any atom is 0.345 e.